The van der Waals surface area contributed by atoms with E-state index in [9.17, 15) is 4.79 Å². The highest BCUT2D eigenvalue weighted by Crippen LogP contribution is 2.26. The Hall–Kier alpha value is -1.84. The van der Waals surface area contributed by atoms with E-state index in [1.165, 1.54) is 11.1 Å². The Bertz CT molecular complexity index is 454. The van der Waals surface area contributed by atoms with Gasteiger partial charge in [0.1, 0.15) is 0 Å². The number of nitrogens with zero attached hydrogens (tertiary/aromatic N) is 1. The summed E-state index contributed by atoms with van der Waals surface area (Å²) >= 11 is 0. The highest BCUT2D eigenvalue weighted by atomic mass is 16.2. The molecule has 1 atom stereocenters. The van der Waals surface area contributed by atoms with Crippen molar-refractivity contribution < 1.29 is 4.79 Å². The lowest BCUT2D eigenvalue weighted by molar-refractivity contribution is 0.249. The summed E-state index contributed by atoms with van der Waals surface area (Å²) in [6, 6.07) is 7.88. The second kappa shape index (κ2) is 4.99. The molecule has 2 rings (SSSR count). The van der Waals surface area contributed by atoms with Crippen LogP contribution in [0.2, 0.25) is 0 Å². The number of primary amides is 1. The second-order valence-corrected chi connectivity index (χ2v) is 4.44. The molecular formula is C13H17N3O. The molecule has 0 fully saturated rings. The fourth-order valence-corrected chi connectivity index (χ4v) is 2.29. The molecule has 0 heterocycles. The maximum Gasteiger partial charge on any atom is 0.332 e. The maximum atomic E-state index is 10.6. The van der Waals surface area contributed by atoms with Gasteiger partial charge in [0.15, 0.2) is 0 Å². The van der Waals surface area contributed by atoms with Gasteiger partial charge in [0.2, 0.25) is 0 Å². The zero-order valence-corrected chi connectivity index (χ0v) is 9.94. The number of hydrogen-bond donors (Lipinski definition) is 2. The van der Waals surface area contributed by atoms with Crippen LogP contribution < -0.4 is 11.2 Å². The van der Waals surface area contributed by atoms with Crippen LogP contribution in [0, 0.1) is 5.92 Å². The van der Waals surface area contributed by atoms with Crippen LogP contribution in [0.5, 0.6) is 0 Å². The van der Waals surface area contributed by atoms with Crippen molar-refractivity contribution in [2.24, 2.45) is 16.8 Å². The summed E-state index contributed by atoms with van der Waals surface area (Å²) < 4.78 is 0. The van der Waals surface area contributed by atoms with Crippen molar-refractivity contribution in [3.05, 3.63) is 35.4 Å². The molecule has 0 saturated carbocycles. The van der Waals surface area contributed by atoms with Crippen molar-refractivity contribution in [3.8, 4) is 0 Å². The predicted molar refractivity (Wildman–Crippen MR) is 67.8 cm³/mol. The lowest BCUT2D eigenvalue weighted by Crippen LogP contribution is -2.28. The van der Waals surface area contributed by atoms with Gasteiger partial charge in [0, 0.05) is 11.6 Å². The molecule has 2 amide bonds. The summed E-state index contributed by atoms with van der Waals surface area (Å²) in [5, 5.41) is 4.01. The van der Waals surface area contributed by atoms with E-state index in [2.05, 4.69) is 34.8 Å². The molecule has 0 aromatic heterocycles. The fourth-order valence-electron chi connectivity index (χ4n) is 2.29. The van der Waals surface area contributed by atoms with Crippen molar-refractivity contribution in [3.63, 3.8) is 0 Å². The zero-order chi connectivity index (χ0) is 12.3. The average Bonchev–Trinajstić information content (AvgIpc) is 2.35. The third-order valence-corrected chi connectivity index (χ3v) is 3.28. The van der Waals surface area contributed by atoms with Crippen LogP contribution in [-0.2, 0) is 12.8 Å². The summed E-state index contributed by atoms with van der Waals surface area (Å²) in [6.07, 6.45) is 3.14. The van der Waals surface area contributed by atoms with Crippen LogP contribution in [-0.4, -0.2) is 11.7 Å². The van der Waals surface area contributed by atoms with Crippen LogP contribution in [0.3, 0.4) is 0 Å². The van der Waals surface area contributed by atoms with Crippen LogP contribution in [0.25, 0.3) is 0 Å². The minimum Gasteiger partial charge on any atom is -0.350 e. The Morgan fingerprint density at radius 3 is 2.82 bits per heavy atom. The van der Waals surface area contributed by atoms with Crippen molar-refractivity contribution in [1.82, 2.24) is 5.43 Å². The lowest BCUT2D eigenvalue weighted by atomic mass is 9.82. The molecule has 3 N–H and O–H groups in total. The number of benzene rings is 1. The van der Waals surface area contributed by atoms with E-state index in [0.29, 0.717) is 5.92 Å². The topological polar surface area (TPSA) is 67.5 Å². The molecule has 4 nitrogen and oxygen atoms in total. The number of amides is 2. The zero-order valence-electron chi connectivity index (χ0n) is 9.94. The number of fused-ring (bicyclic) bond motifs is 1. The van der Waals surface area contributed by atoms with Crippen LogP contribution in [0.1, 0.15) is 24.5 Å². The minimum absolute atomic E-state index is 0.400. The van der Waals surface area contributed by atoms with Crippen LogP contribution in [0.4, 0.5) is 4.79 Å². The highest BCUT2D eigenvalue weighted by Gasteiger charge is 2.20. The number of aryl methyl sites for hydroxylation is 1. The van der Waals surface area contributed by atoms with Gasteiger partial charge in [-0.05, 0) is 37.3 Å². The smallest absolute Gasteiger partial charge is 0.332 e. The van der Waals surface area contributed by atoms with E-state index >= 15 is 0 Å². The molecule has 0 saturated heterocycles. The van der Waals surface area contributed by atoms with Gasteiger partial charge in [-0.3, -0.25) is 0 Å². The molecule has 0 aliphatic heterocycles. The largest absolute Gasteiger partial charge is 0.350 e. The maximum absolute atomic E-state index is 10.6. The number of carbonyl (C=O) groups excluding carboxylic acids is 1. The van der Waals surface area contributed by atoms with Gasteiger partial charge in [0.25, 0.3) is 0 Å². The molecule has 1 aromatic rings. The lowest BCUT2D eigenvalue weighted by Gasteiger charge is -2.24. The fraction of sp³-hybridized carbons (Fsp3) is 0.385. The number of nitrogens with one attached hydrogen (secondary N) is 1. The molecule has 0 spiro atoms. The Morgan fingerprint density at radius 1 is 1.41 bits per heavy atom. The van der Waals surface area contributed by atoms with Crippen molar-refractivity contribution >= 4 is 11.7 Å². The summed E-state index contributed by atoms with van der Waals surface area (Å²) in [5.74, 6) is 0.400. The van der Waals surface area contributed by atoms with Crippen molar-refractivity contribution in [1.29, 1.82) is 0 Å². The summed E-state index contributed by atoms with van der Waals surface area (Å²) in [4.78, 5) is 10.6. The minimum atomic E-state index is -0.611. The SMILES string of the molecule is C/C(=N/NC(N)=O)[C@H]1CCc2ccccc2C1. The molecule has 4 heteroatoms. The van der Waals surface area contributed by atoms with E-state index in [-0.39, 0.29) is 0 Å². The van der Waals surface area contributed by atoms with Gasteiger partial charge < -0.3 is 5.73 Å². The second-order valence-electron chi connectivity index (χ2n) is 4.44. The standard InChI is InChI=1S/C13H17N3O/c1-9(15-16-13(14)17)11-7-6-10-4-2-3-5-12(10)8-11/h2-5,11H,6-8H2,1H3,(H3,14,16,17)/b15-9-/t11-/m0/s1. The van der Waals surface area contributed by atoms with Gasteiger partial charge >= 0.3 is 6.03 Å². The molecule has 1 aromatic carbocycles. The van der Waals surface area contributed by atoms with Gasteiger partial charge in [0.05, 0.1) is 0 Å². The third-order valence-electron chi connectivity index (χ3n) is 3.28. The third kappa shape index (κ3) is 2.84. The Morgan fingerprint density at radius 2 is 2.12 bits per heavy atom. The van der Waals surface area contributed by atoms with Crippen molar-refractivity contribution in [2.45, 2.75) is 26.2 Å². The molecule has 0 unspecified atom stereocenters. The van der Waals surface area contributed by atoms with E-state index in [1.807, 2.05) is 6.92 Å². The van der Waals surface area contributed by atoms with Crippen molar-refractivity contribution in [2.75, 3.05) is 0 Å². The van der Waals surface area contributed by atoms with E-state index in [0.717, 1.165) is 25.0 Å². The Labute approximate surface area is 101 Å². The summed E-state index contributed by atoms with van der Waals surface area (Å²) in [6.45, 7) is 1.94. The average molecular weight is 231 g/mol. The number of hydrazone groups is 1. The number of carbonyl (C=O) groups is 1. The molecule has 17 heavy (non-hydrogen) atoms. The molecule has 0 radical (unpaired) electrons. The van der Waals surface area contributed by atoms with Crippen LogP contribution >= 0.6 is 0 Å². The molecular weight excluding hydrogens is 214 g/mol. The predicted octanol–water partition coefficient (Wildman–Crippen LogP) is 1.84. The van der Waals surface area contributed by atoms with E-state index in [4.69, 9.17) is 5.73 Å². The molecule has 1 aliphatic carbocycles. The Kier molecular flexibility index (Phi) is 3.42. The molecule has 1 aliphatic rings. The first-order valence-electron chi connectivity index (χ1n) is 5.83. The Balaban J connectivity index is 2.07. The quantitative estimate of drug-likeness (QED) is 0.592. The van der Waals surface area contributed by atoms with E-state index in [1.54, 1.807) is 0 Å². The number of nitrogens with two attached hydrogens (primary N) is 1. The van der Waals surface area contributed by atoms with Gasteiger partial charge in [-0.1, -0.05) is 24.3 Å². The first-order chi connectivity index (χ1) is 8.16. The first-order valence-corrected chi connectivity index (χ1v) is 5.83. The first kappa shape index (κ1) is 11.6. The molecule has 0 bridgehead atoms. The number of urea groups is 1. The monoisotopic (exact) mass is 231 g/mol. The molecule has 90 valence electrons. The van der Waals surface area contributed by atoms with Gasteiger partial charge in [-0.2, -0.15) is 5.10 Å². The summed E-state index contributed by atoms with van der Waals surface area (Å²) in [5.41, 5.74) is 11.0. The highest BCUT2D eigenvalue weighted by molar-refractivity contribution is 5.86. The van der Waals surface area contributed by atoms with Gasteiger partial charge in [-0.15, -0.1) is 0 Å². The normalized spacial score (nSPS) is 19.6. The summed E-state index contributed by atoms with van der Waals surface area (Å²) in [7, 11) is 0. The van der Waals surface area contributed by atoms with Gasteiger partial charge in [-0.25, -0.2) is 10.2 Å². The van der Waals surface area contributed by atoms with Crippen LogP contribution in [0.15, 0.2) is 29.4 Å². The number of hydrogen-bond acceptors (Lipinski definition) is 2. The number of rotatable bonds is 2. The van der Waals surface area contributed by atoms with E-state index < -0.39 is 6.03 Å².